The molecule has 3 fully saturated rings. The Bertz CT molecular complexity index is 1410. The standard InChI is InChI=1S/C33H45N7O3/c1-32(2,3)43-31(41)39(19-24-8-6-9-24)28-10-7-15-38(20-28)27-13-11-26(12-14-27)33(22-42-23-33)40-21-30(35-36-40)25-16-29(37(4)5)18-34-17-25/h11-14,16-18,21,24,28H,6-10,15,19-20,22-23H2,1-5H3/t28-/m1/s1. The van der Waals surface area contributed by atoms with Crippen LogP contribution in [0.1, 0.15) is 58.4 Å². The maximum Gasteiger partial charge on any atom is 0.410 e. The minimum Gasteiger partial charge on any atom is -0.444 e. The fraction of sp³-hybridized carbons (Fsp3) is 0.576. The first kappa shape index (κ1) is 29.4. The molecule has 0 bridgehead atoms. The second-order valence-electron chi connectivity index (χ2n) is 13.6. The predicted octanol–water partition coefficient (Wildman–Crippen LogP) is 5.19. The molecular formula is C33H45N7O3. The van der Waals surface area contributed by atoms with Gasteiger partial charge in [-0.05, 0) is 76.1 Å². The highest BCUT2D eigenvalue weighted by atomic mass is 16.6. The van der Waals surface area contributed by atoms with Crippen molar-refractivity contribution in [3.63, 3.8) is 0 Å². The number of carbonyl (C=O) groups is 1. The van der Waals surface area contributed by atoms with E-state index in [9.17, 15) is 4.79 Å². The van der Waals surface area contributed by atoms with Gasteiger partial charge >= 0.3 is 6.09 Å². The summed E-state index contributed by atoms with van der Waals surface area (Å²) in [6, 6.07) is 11.0. The van der Waals surface area contributed by atoms with Gasteiger partial charge in [0.15, 0.2) is 0 Å². The molecule has 1 aliphatic carbocycles. The lowest BCUT2D eigenvalue weighted by Gasteiger charge is -2.43. The molecule has 1 saturated carbocycles. The van der Waals surface area contributed by atoms with E-state index in [0.717, 1.165) is 55.0 Å². The molecule has 43 heavy (non-hydrogen) atoms. The highest BCUT2D eigenvalue weighted by Crippen LogP contribution is 2.36. The molecule has 0 unspecified atom stereocenters. The number of piperidine rings is 1. The molecule has 1 atom stereocenters. The fourth-order valence-electron chi connectivity index (χ4n) is 6.22. The summed E-state index contributed by atoms with van der Waals surface area (Å²) in [6.45, 7) is 9.51. The minimum absolute atomic E-state index is 0.143. The third kappa shape index (κ3) is 6.20. The summed E-state index contributed by atoms with van der Waals surface area (Å²) >= 11 is 0. The number of hydrogen-bond acceptors (Lipinski definition) is 8. The molecule has 0 spiro atoms. The van der Waals surface area contributed by atoms with Crippen LogP contribution in [0.25, 0.3) is 11.3 Å². The van der Waals surface area contributed by atoms with Crippen LogP contribution in [0, 0.1) is 5.92 Å². The normalized spacial score (nSPS) is 20.2. The van der Waals surface area contributed by atoms with E-state index in [1.54, 1.807) is 0 Å². The van der Waals surface area contributed by atoms with Crippen molar-refractivity contribution in [2.24, 2.45) is 5.92 Å². The Kier molecular flexibility index (Phi) is 8.06. The Morgan fingerprint density at radius 2 is 1.86 bits per heavy atom. The summed E-state index contributed by atoms with van der Waals surface area (Å²) in [7, 11) is 4.00. The minimum atomic E-state index is -0.502. The van der Waals surface area contributed by atoms with E-state index < -0.39 is 11.1 Å². The lowest BCUT2D eigenvalue weighted by molar-refractivity contribution is -0.0829. The lowest BCUT2D eigenvalue weighted by Crippen LogP contribution is -2.53. The zero-order valence-electron chi connectivity index (χ0n) is 26.2. The maximum absolute atomic E-state index is 13.3. The van der Waals surface area contributed by atoms with Crippen molar-refractivity contribution < 1.29 is 14.3 Å². The summed E-state index contributed by atoms with van der Waals surface area (Å²) in [5.74, 6) is 0.591. The SMILES string of the molecule is CN(C)c1cncc(-c2cn(C3(c4ccc(N5CCC[C@@H](N(CC6CCC6)C(=O)OC(C)(C)C)C5)cc4)COC3)nn2)c1. The summed E-state index contributed by atoms with van der Waals surface area (Å²) in [5.41, 5.74) is 4.16. The molecule has 2 saturated heterocycles. The number of amides is 1. The first-order valence-electron chi connectivity index (χ1n) is 15.6. The van der Waals surface area contributed by atoms with E-state index in [2.05, 4.69) is 50.5 Å². The van der Waals surface area contributed by atoms with Gasteiger partial charge in [0, 0.05) is 51.2 Å². The van der Waals surface area contributed by atoms with Crippen LogP contribution in [0.4, 0.5) is 16.2 Å². The molecule has 3 aromatic rings. The van der Waals surface area contributed by atoms with Crippen molar-refractivity contribution in [1.29, 1.82) is 0 Å². The van der Waals surface area contributed by atoms with Gasteiger partial charge in [0.2, 0.25) is 0 Å². The number of carbonyl (C=O) groups excluding carboxylic acids is 1. The van der Waals surface area contributed by atoms with Crippen molar-refractivity contribution in [3.8, 4) is 11.3 Å². The van der Waals surface area contributed by atoms with Crippen molar-refractivity contribution in [2.45, 2.75) is 70.1 Å². The summed E-state index contributed by atoms with van der Waals surface area (Å²) < 4.78 is 13.5. The van der Waals surface area contributed by atoms with Gasteiger partial charge in [0.05, 0.1) is 37.3 Å². The van der Waals surface area contributed by atoms with Crippen LogP contribution in [0.3, 0.4) is 0 Å². The first-order chi connectivity index (χ1) is 20.6. The van der Waals surface area contributed by atoms with E-state index in [1.165, 1.54) is 24.9 Å². The molecule has 1 amide bonds. The van der Waals surface area contributed by atoms with E-state index in [0.29, 0.717) is 19.1 Å². The molecule has 0 radical (unpaired) electrons. The van der Waals surface area contributed by atoms with Crippen molar-refractivity contribution >= 4 is 17.5 Å². The van der Waals surface area contributed by atoms with E-state index in [1.807, 2.05) is 67.9 Å². The molecule has 4 heterocycles. The molecule has 3 aliphatic rings. The molecular weight excluding hydrogens is 542 g/mol. The van der Waals surface area contributed by atoms with Gasteiger partial charge in [-0.1, -0.05) is 23.8 Å². The van der Waals surface area contributed by atoms with Gasteiger partial charge in [-0.2, -0.15) is 0 Å². The average molecular weight is 588 g/mol. The fourth-order valence-corrected chi connectivity index (χ4v) is 6.22. The van der Waals surface area contributed by atoms with Crippen LogP contribution in [-0.4, -0.2) is 89.6 Å². The smallest absolute Gasteiger partial charge is 0.410 e. The van der Waals surface area contributed by atoms with Gasteiger partial charge in [0.25, 0.3) is 0 Å². The quantitative estimate of drug-likeness (QED) is 0.356. The molecule has 1 aromatic carbocycles. The van der Waals surface area contributed by atoms with Crippen LogP contribution in [-0.2, 0) is 15.0 Å². The zero-order chi connectivity index (χ0) is 30.2. The molecule has 10 heteroatoms. The van der Waals surface area contributed by atoms with Crippen LogP contribution >= 0.6 is 0 Å². The van der Waals surface area contributed by atoms with Crippen LogP contribution in [0.5, 0.6) is 0 Å². The highest BCUT2D eigenvalue weighted by Gasteiger charge is 2.44. The largest absolute Gasteiger partial charge is 0.444 e. The second kappa shape index (κ2) is 11.8. The van der Waals surface area contributed by atoms with Crippen LogP contribution in [0.15, 0.2) is 48.9 Å². The van der Waals surface area contributed by atoms with Gasteiger partial charge in [-0.3, -0.25) is 4.98 Å². The maximum atomic E-state index is 13.3. The summed E-state index contributed by atoms with van der Waals surface area (Å²) in [6.07, 6.45) is 11.2. The first-order valence-corrected chi connectivity index (χ1v) is 15.6. The molecule has 2 aliphatic heterocycles. The third-order valence-electron chi connectivity index (χ3n) is 9.06. The Morgan fingerprint density at radius 3 is 2.49 bits per heavy atom. The average Bonchev–Trinajstić information content (AvgIpc) is 3.42. The molecule has 2 aromatic heterocycles. The number of nitrogens with zero attached hydrogens (tertiary/aromatic N) is 7. The Balaban J connectivity index is 1.18. The highest BCUT2D eigenvalue weighted by molar-refractivity contribution is 5.69. The molecule has 10 nitrogen and oxygen atoms in total. The summed E-state index contributed by atoms with van der Waals surface area (Å²) in [4.78, 5) is 24.2. The van der Waals surface area contributed by atoms with Gasteiger partial charge in [0.1, 0.15) is 16.8 Å². The van der Waals surface area contributed by atoms with Gasteiger partial charge < -0.3 is 24.2 Å². The van der Waals surface area contributed by atoms with E-state index >= 15 is 0 Å². The van der Waals surface area contributed by atoms with E-state index in [4.69, 9.17) is 9.47 Å². The number of rotatable bonds is 8. The lowest BCUT2D eigenvalue weighted by atomic mass is 9.84. The van der Waals surface area contributed by atoms with Crippen LogP contribution in [0.2, 0.25) is 0 Å². The monoisotopic (exact) mass is 587 g/mol. The van der Waals surface area contributed by atoms with Crippen LogP contribution < -0.4 is 9.80 Å². The van der Waals surface area contributed by atoms with Gasteiger partial charge in [-0.25, -0.2) is 9.48 Å². The predicted molar refractivity (Wildman–Crippen MR) is 167 cm³/mol. The van der Waals surface area contributed by atoms with Crippen molar-refractivity contribution in [2.75, 3.05) is 56.7 Å². The van der Waals surface area contributed by atoms with Crippen molar-refractivity contribution in [3.05, 3.63) is 54.5 Å². The number of anilines is 2. The van der Waals surface area contributed by atoms with Gasteiger partial charge in [-0.15, -0.1) is 5.10 Å². The second-order valence-corrected chi connectivity index (χ2v) is 13.6. The number of benzene rings is 1. The number of aromatic nitrogens is 4. The number of ether oxygens (including phenoxy) is 2. The Labute approximate surface area is 255 Å². The third-order valence-corrected chi connectivity index (χ3v) is 9.06. The number of hydrogen-bond donors (Lipinski definition) is 0. The number of pyridine rings is 1. The Hall–Kier alpha value is -3.66. The molecule has 6 rings (SSSR count). The van der Waals surface area contributed by atoms with E-state index in [-0.39, 0.29) is 12.1 Å². The molecule has 230 valence electrons. The Morgan fingerprint density at radius 1 is 1.09 bits per heavy atom. The summed E-state index contributed by atoms with van der Waals surface area (Å²) in [5, 5.41) is 9.03. The van der Waals surface area contributed by atoms with Crippen molar-refractivity contribution in [1.82, 2.24) is 24.9 Å². The zero-order valence-corrected chi connectivity index (χ0v) is 26.2. The topological polar surface area (TPSA) is 88.9 Å². The molecule has 0 N–H and O–H groups in total.